The van der Waals surface area contributed by atoms with E-state index in [1.54, 1.807) is 17.1 Å². The summed E-state index contributed by atoms with van der Waals surface area (Å²) in [6.07, 6.45) is 3.39. The summed E-state index contributed by atoms with van der Waals surface area (Å²) in [4.78, 5) is 14.7. The van der Waals surface area contributed by atoms with Crippen molar-refractivity contribution in [2.45, 2.75) is 6.54 Å². The maximum absolute atomic E-state index is 12.9. The molecule has 0 fully saturated rings. The minimum absolute atomic E-state index is 0.0808. The normalized spacial score (nSPS) is 12.3. The molecule has 27 heavy (non-hydrogen) atoms. The number of hydrogen-bond acceptors (Lipinski definition) is 3. The molecule has 0 N–H and O–H groups in total. The highest BCUT2D eigenvalue weighted by Crippen LogP contribution is 2.32. The molecule has 4 rings (SSSR count). The molecule has 0 spiro atoms. The molecule has 0 saturated heterocycles. The van der Waals surface area contributed by atoms with E-state index in [1.165, 1.54) is 0 Å². The molecule has 0 radical (unpaired) electrons. The van der Waals surface area contributed by atoms with Crippen molar-refractivity contribution >= 4 is 17.7 Å². The monoisotopic (exact) mass is 357 g/mol. The third-order valence-corrected chi connectivity index (χ3v) is 4.33. The minimum Gasteiger partial charge on any atom is -0.454 e. The lowest BCUT2D eigenvalue weighted by Crippen LogP contribution is -2.28. The van der Waals surface area contributed by atoms with E-state index < -0.39 is 0 Å². The SMILES string of the molecule is O=C(/C=C/c1ccc2c(c1)OCO2)N(Cc1ccccc1)c1ccccc1. The van der Waals surface area contributed by atoms with Crippen LogP contribution in [0.4, 0.5) is 5.69 Å². The van der Waals surface area contributed by atoms with Gasteiger partial charge < -0.3 is 14.4 Å². The van der Waals surface area contributed by atoms with Crippen LogP contribution in [-0.2, 0) is 11.3 Å². The molecular weight excluding hydrogens is 338 g/mol. The molecule has 0 aromatic heterocycles. The zero-order valence-corrected chi connectivity index (χ0v) is 14.7. The summed E-state index contributed by atoms with van der Waals surface area (Å²) in [5.41, 5.74) is 2.83. The average molecular weight is 357 g/mol. The largest absolute Gasteiger partial charge is 0.454 e. The second-order valence-electron chi connectivity index (χ2n) is 6.19. The topological polar surface area (TPSA) is 38.8 Å². The lowest BCUT2D eigenvalue weighted by molar-refractivity contribution is -0.114. The molecule has 3 aromatic rings. The molecule has 0 saturated carbocycles. The highest BCUT2D eigenvalue weighted by atomic mass is 16.7. The highest BCUT2D eigenvalue weighted by molar-refractivity contribution is 6.03. The van der Waals surface area contributed by atoms with Gasteiger partial charge in [-0.3, -0.25) is 4.79 Å². The Kier molecular flexibility index (Phi) is 4.88. The summed E-state index contributed by atoms with van der Waals surface area (Å²) in [5, 5.41) is 0. The smallest absolute Gasteiger partial charge is 0.251 e. The van der Waals surface area contributed by atoms with Crippen molar-refractivity contribution in [3.05, 3.63) is 96.1 Å². The number of para-hydroxylation sites is 1. The number of benzene rings is 3. The molecule has 3 aromatic carbocycles. The summed E-state index contributed by atoms with van der Waals surface area (Å²) >= 11 is 0. The Hall–Kier alpha value is -3.53. The quantitative estimate of drug-likeness (QED) is 0.623. The maximum Gasteiger partial charge on any atom is 0.251 e. The molecule has 1 amide bonds. The van der Waals surface area contributed by atoms with E-state index in [1.807, 2.05) is 78.9 Å². The predicted molar refractivity (Wildman–Crippen MR) is 106 cm³/mol. The predicted octanol–water partition coefficient (Wildman–Crippen LogP) is 4.66. The van der Waals surface area contributed by atoms with Crippen molar-refractivity contribution in [2.24, 2.45) is 0 Å². The summed E-state index contributed by atoms with van der Waals surface area (Å²) in [7, 11) is 0. The Bertz CT molecular complexity index is 952. The number of amides is 1. The minimum atomic E-state index is -0.0808. The van der Waals surface area contributed by atoms with Crippen molar-refractivity contribution in [1.29, 1.82) is 0 Å². The molecule has 1 aliphatic rings. The van der Waals surface area contributed by atoms with Crippen molar-refractivity contribution in [3.8, 4) is 11.5 Å². The van der Waals surface area contributed by atoms with Gasteiger partial charge >= 0.3 is 0 Å². The molecule has 4 heteroatoms. The van der Waals surface area contributed by atoms with Gasteiger partial charge in [0.2, 0.25) is 6.79 Å². The zero-order chi connectivity index (χ0) is 18.5. The fourth-order valence-electron chi connectivity index (χ4n) is 2.94. The number of carbonyl (C=O) groups is 1. The first-order valence-electron chi connectivity index (χ1n) is 8.78. The van der Waals surface area contributed by atoms with Gasteiger partial charge in [-0.05, 0) is 41.5 Å². The van der Waals surface area contributed by atoms with Gasteiger partial charge in [-0.25, -0.2) is 0 Å². The number of ether oxygens (including phenoxy) is 2. The Morgan fingerprint density at radius 3 is 2.37 bits per heavy atom. The summed E-state index contributed by atoms with van der Waals surface area (Å²) in [6.45, 7) is 0.745. The van der Waals surface area contributed by atoms with E-state index >= 15 is 0 Å². The van der Waals surface area contributed by atoms with Crippen LogP contribution in [0.25, 0.3) is 6.08 Å². The zero-order valence-electron chi connectivity index (χ0n) is 14.7. The Balaban J connectivity index is 1.56. The average Bonchev–Trinajstić information content (AvgIpc) is 3.19. The first kappa shape index (κ1) is 16.9. The van der Waals surface area contributed by atoms with E-state index in [-0.39, 0.29) is 12.7 Å². The van der Waals surface area contributed by atoms with Gasteiger partial charge in [0.15, 0.2) is 11.5 Å². The second-order valence-corrected chi connectivity index (χ2v) is 6.19. The summed E-state index contributed by atoms with van der Waals surface area (Å²) in [6, 6.07) is 25.3. The van der Waals surface area contributed by atoms with Crippen LogP contribution in [-0.4, -0.2) is 12.7 Å². The molecule has 134 valence electrons. The molecule has 0 bridgehead atoms. The fraction of sp³-hybridized carbons (Fsp3) is 0.0870. The lowest BCUT2D eigenvalue weighted by Gasteiger charge is -2.21. The van der Waals surface area contributed by atoms with E-state index in [2.05, 4.69) is 0 Å². The van der Waals surface area contributed by atoms with Gasteiger partial charge in [-0.1, -0.05) is 54.6 Å². The van der Waals surface area contributed by atoms with E-state index in [0.717, 1.165) is 22.6 Å². The summed E-state index contributed by atoms with van der Waals surface area (Å²) in [5.74, 6) is 1.35. The number of hydrogen-bond donors (Lipinski definition) is 0. The first-order valence-corrected chi connectivity index (χ1v) is 8.78. The Morgan fingerprint density at radius 2 is 1.59 bits per heavy atom. The van der Waals surface area contributed by atoms with E-state index in [0.29, 0.717) is 12.3 Å². The molecule has 4 nitrogen and oxygen atoms in total. The highest BCUT2D eigenvalue weighted by Gasteiger charge is 2.15. The molecule has 1 aliphatic heterocycles. The van der Waals surface area contributed by atoms with Crippen molar-refractivity contribution in [2.75, 3.05) is 11.7 Å². The number of rotatable bonds is 5. The van der Waals surface area contributed by atoms with Gasteiger partial charge in [-0.2, -0.15) is 0 Å². The van der Waals surface area contributed by atoms with Gasteiger partial charge in [0.1, 0.15) is 0 Å². The number of anilines is 1. The summed E-state index contributed by atoms with van der Waals surface area (Å²) < 4.78 is 10.7. The van der Waals surface area contributed by atoms with E-state index in [4.69, 9.17) is 9.47 Å². The van der Waals surface area contributed by atoms with Crippen molar-refractivity contribution < 1.29 is 14.3 Å². The number of fused-ring (bicyclic) bond motifs is 1. The fourth-order valence-corrected chi connectivity index (χ4v) is 2.94. The van der Waals surface area contributed by atoms with Crippen LogP contribution in [0, 0.1) is 0 Å². The first-order chi connectivity index (χ1) is 13.3. The van der Waals surface area contributed by atoms with Gasteiger partial charge in [0.05, 0.1) is 6.54 Å². The van der Waals surface area contributed by atoms with Crippen molar-refractivity contribution in [1.82, 2.24) is 0 Å². The van der Waals surface area contributed by atoms with Crippen LogP contribution in [0.15, 0.2) is 84.9 Å². The van der Waals surface area contributed by atoms with Gasteiger partial charge in [0, 0.05) is 11.8 Å². The lowest BCUT2D eigenvalue weighted by atomic mass is 10.1. The van der Waals surface area contributed by atoms with Crippen LogP contribution in [0.5, 0.6) is 11.5 Å². The second kappa shape index (κ2) is 7.79. The van der Waals surface area contributed by atoms with Crippen molar-refractivity contribution in [3.63, 3.8) is 0 Å². The Morgan fingerprint density at radius 1 is 0.889 bits per heavy atom. The van der Waals surface area contributed by atoms with Crippen LogP contribution < -0.4 is 14.4 Å². The Labute approximate surface area is 158 Å². The standard InChI is InChI=1S/C23H19NO3/c25-23(14-12-18-11-13-21-22(15-18)27-17-26-21)24(20-9-5-2-6-10-20)16-19-7-3-1-4-8-19/h1-15H,16-17H2/b14-12+. The molecule has 1 heterocycles. The van der Waals surface area contributed by atoms with Crippen LogP contribution in [0.1, 0.15) is 11.1 Å². The third-order valence-electron chi connectivity index (χ3n) is 4.33. The molecule has 0 atom stereocenters. The number of nitrogens with zero attached hydrogens (tertiary/aromatic N) is 1. The molecule has 0 aliphatic carbocycles. The van der Waals surface area contributed by atoms with Crippen LogP contribution in [0.2, 0.25) is 0 Å². The van der Waals surface area contributed by atoms with Gasteiger partial charge in [-0.15, -0.1) is 0 Å². The van der Waals surface area contributed by atoms with Crippen LogP contribution >= 0.6 is 0 Å². The molecular formula is C23H19NO3. The maximum atomic E-state index is 12.9. The van der Waals surface area contributed by atoms with E-state index in [9.17, 15) is 4.79 Å². The van der Waals surface area contributed by atoms with Crippen LogP contribution in [0.3, 0.4) is 0 Å². The van der Waals surface area contributed by atoms with Gasteiger partial charge in [0.25, 0.3) is 5.91 Å². The number of carbonyl (C=O) groups excluding carboxylic acids is 1. The third kappa shape index (κ3) is 4.01. The molecule has 0 unspecified atom stereocenters.